The fourth-order valence-corrected chi connectivity index (χ4v) is 3.14. The van der Waals surface area contributed by atoms with Gasteiger partial charge >= 0.3 is 0 Å². The van der Waals surface area contributed by atoms with Gasteiger partial charge in [0.2, 0.25) is 0 Å². The fourth-order valence-electron chi connectivity index (χ4n) is 3.14. The van der Waals surface area contributed by atoms with Gasteiger partial charge < -0.3 is 5.11 Å². The van der Waals surface area contributed by atoms with Gasteiger partial charge in [-0.2, -0.15) is 0 Å². The molecule has 0 aliphatic carbocycles. The Morgan fingerprint density at radius 3 is 2.06 bits per heavy atom. The third-order valence-corrected chi connectivity index (χ3v) is 5.60. The van der Waals surface area contributed by atoms with Crippen LogP contribution in [-0.4, -0.2) is 15.9 Å². The van der Waals surface area contributed by atoms with E-state index in [4.69, 9.17) is 4.98 Å². The Hall–Kier alpha value is -2.29. The molecule has 1 radical (unpaired) electrons. The first-order valence-electron chi connectivity index (χ1n) is 11.4. The van der Waals surface area contributed by atoms with Crippen LogP contribution in [0.25, 0.3) is 22.2 Å². The van der Waals surface area contributed by atoms with Crippen LogP contribution >= 0.6 is 0 Å². The Morgan fingerprint density at radius 2 is 1.50 bits per heavy atom. The molecule has 0 unspecified atom stereocenters. The molecule has 0 atom stereocenters. The topological polar surface area (TPSA) is 50.2 Å². The maximum Gasteiger partial charge on any atom is 0.164 e. The quantitative estimate of drug-likeness (QED) is 0.176. The number of ketones is 1. The molecule has 0 aliphatic rings. The Balaban J connectivity index is 0.000000364. The summed E-state index contributed by atoms with van der Waals surface area (Å²) in [7, 11) is 0. The van der Waals surface area contributed by atoms with Crippen LogP contribution in [0.3, 0.4) is 0 Å². The van der Waals surface area contributed by atoms with Crippen LogP contribution < -0.4 is 0 Å². The molecule has 34 heavy (non-hydrogen) atoms. The van der Waals surface area contributed by atoms with Gasteiger partial charge in [-0.3, -0.25) is 9.78 Å². The number of aromatic nitrogens is 1. The minimum Gasteiger partial charge on any atom is -0.512 e. The van der Waals surface area contributed by atoms with E-state index < -0.39 is 5.41 Å². The molecule has 0 amide bonds. The minimum atomic E-state index is -0.417. The average Bonchev–Trinajstić information content (AvgIpc) is 2.69. The number of aliphatic hydroxyl groups excluding tert-OH is 1. The van der Waals surface area contributed by atoms with Crippen LogP contribution in [-0.2, 0) is 24.9 Å². The third-order valence-electron chi connectivity index (χ3n) is 5.60. The van der Waals surface area contributed by atoms with Crippen LogP contribution in [0.5, 0.6) is 0 Å². The second-order valence-corrected chi connectivity index (χ2v) is 10.9. The molecule has 0 spiro atoms. The zero-order valence-corrected chi connectivity index (χ0v) is 24.6. The molecule has 0 saturated heterocycles. The van der Waals surface area contributed by atoms with Gasteiger partial charge in [0, 0.05) is 37.0 Å². The summed E-state index contributed by atoms with van der Waals surface area (Å²) in [6, 6.07) is 16.2. The van der Waals surface area contributed by atoms with Crippen LogP contribution in [0.2, 0.25) is 0 Å². The molecule has 1 heterocycles. The molecule has 0 bridgehead atoms. The van der Waals surface area contributed by atoms with Crippen molar-refractivity contribution in [2.45, 2.75) is 69.2 Å². The Kier molecular flexibility index (Phi) is 9.99. The summed E-state index contributed by atoms with van der Waals surface area (Å²) in [5, 5.41) is 10.7. The zero-order valence-electron chi connectivity index (χ0n) is 22.2. The third kappa shape index (κ3) is 7.89. The summed E-state index contributed by atoms with van der Waals surface area (Å²) >= 11 is 0. The smallest absolute Gasteiger partial charge is 0.164 e. The molecule has 0 saturated carbocycles. The van der Waals surface area contributed by atoms with Gasteiger partial charge in [0.25, 0.3) is 0 Å². The molecule has 3 aromatic rings. The molecule has 185 valence electrons. The van der Waals surface area contributed by atoms with Crippen molar-refractivity contribution < 1.29 is 30.0 Å². The number of fused-ring (bicyclic) bond motifs is 1. The molecular weight excluding hydrogens is 599 g/mol. The van der Waals surface area contributed by atoms with Gasteiger partial charge in [0.15, 0.2) is 5.78 Å². The largest absolute Gasteiger partial charge is 0.512 e. The average molecular weight is 637 g/mol. The number of nitrogens with zero attached hydrogens (tertiary/aromatic N) is 1. The van der Waals surface area contributed by atoms with E-state index in [2.05, 4.69) is 70.2 Å². The van der Waals surface area contributed by atoms with Crippen LogP contribution in [0, 0.1) is 44.6 Å². The van der Waals surface area contributed by atoms with Crippen LogP contribution in [0.15, 0.2) is 48.2 Å². The first-order valence-corrected chi connectivity index (χ1v) is 11.4. The second kappa shape index (κ2) is 11.4. The second-order valence-electron chi connectivity index (χ2n) is 10.9. The number of aryl methyl sites for hydroxylation is 3. The standard InChI is InChI=1S/C19H18N.C11H20O2.Ir/c1-12-5-6-16-7-8-18(20-19(16)11-12)17-10-13(2)9-14(3)15(17)4;1-10(2,3)8(12)7-9(13)11(4,5)6;/h5-9,11H,1-4H3;7,12H,1-6H3;/q-1;;/b;8-7-;. The van der Waals surface area contributed by atoms with Crippen molar-refractivity contribution in [2.75, 3.05) is 0 Å². The number of benzene rings is 2. The van der Waals surface area contributed by atoms with Crippen LogP contribution in [0.4, 0.5) is 0 Å². The van der Waals surface area contributed by atoms with Crippen molar-refractivity contribution >= 4 is 16.7 Å². The van der Waals surface area contributed by atoms with Gasteiger partial charge in [-0.15, -0.1) is 34.4 Å². The summed E-state index contributed by atoms with van der Waals surface area (Å²) in [4.78, 5) is 16.3. The Labute approximate surface area is 219 Å². The van der Waals surface area contributed by atoms with Crippen molar-refractivity contribution in [1.29, 1.82) is 0 Å². The number of hydrogen-bond acceptors (Lipinski definition) is 3. The molecule has 3 nitrogen and oxygen atoms in total. The molecule has 3 rings (SSSR count). The SMILES string of the molecule is CC(C)(C)C(=O)/C=C(\O)C(C)(C)C.Cc1[c-]c(-c2ccc3ccc(C)cc3n2)c(C)c(C)c1.[Ir]. The van der Waals surface area contributed by atoms with Crippen molar-refractivity contribution in [3.63, 3.8) is 0 Å². The maximum atomic E-state index is 11.5. The van der Waals surface area contributed by atoms with E-state index in [1.54, 1.807) is 0 Å². The predicted octanol–water partition coefficient (Wildman–Crippen LogP) is 8.02. The number of hydrogen-bond donors (Lipinski definition) is 1. The van der Waals surface area contributed by atoms with Gasteiger partial charge in [0.05, 0.1) is 5.52 Å². The summed E-state index contributed by atoms with van der Waals surface area (Å²) in [5.74, 6) is 0.104. The summed E-state index contributed by atoms with van der Waals surface area (Å²) < 4.78 is 0. The first kappa shape index (κ1) is 29.7. The number of aliphatic hydroxyl groups is 1. The summed E-state index contributed by atoms with van der Waals surface area (Å²) in [6.07, 6.45) is 1.33. The van der Waals surface area contributed by atoms with E-state index in [-0.39, 0.29) is 37.1 Å². The minimum absolute atomic E-state index is 0. The molecule has 2 aromatic carbocycles. The van der Waals surface area contributed by atoms with E-state index >= 15 is 0 Å². The maximum absolute atomic E-state index is 11.5. The Bertz CT molecular complexity index is 1190. The number of allylic oxidation sites excluding steroid dienone is 2. The molecule has 1 N–H and O–H groups in total. The first-order chi connectivity index (χ1) is 15.1. The molecule has 0 aliphatic heterocycles. The molecule has 4 heteroatoms. The van der Waals surface area contributed by atoms with E-state index in [1.807, 2.05) is 41.5 Å². The van der Waals surface area contributed by atoms with E-state index in [0.29, 0.717) is 0 Å². The van der Waals surface area contributed by atoms with E-state index in [1.165, 1.54) is 28.2 Å². The van der Waals surface area contributed by atoms with Crippen LogP contribution in [0.1, 0.15) is 63.8 Å². The normalized spacial score (nSPS) is 12.0. The molecule has 1 aromatic heterocycles. The Morgan fingerprint density at radius 1 is 0.912 bits per heavy atom. The fraction of sp³-hybridized carbons (Fsp3) is 0.400. The zero-order chi connectivity index (χ0) is 25.1. The monoisotopic (exact) mass is 637 g/mol. The summed E-state index contributed by atoms with van der Waals surface area (Å²) in [6.45, 7) is 19.6. The van der Waals surface area contributed by atoms with Gasteiger partial charge in [-0.05, 0) is 29.6 Å². The predicted molar refractivity (Wildman–Crippen MR) is 140 cm³/mol. The molecular formula is C30H38IrNO2-. The van der Waals surface area contributed by atoms with Crippen molar-refractivity contribution in [1.82, 2.24) is 4.98 Å². The van der Waals surface area contributed by atoms with Gasteiger partial charge in [-0.25, -0.2) is 0 Å². The number of carbonyl (C=O) groups is 1. The number of rotatable bonds is 2. The summed E-state index contributed by atoms with van der Waals surface area (Å²) in [5.41, 5.74) is 7.36. The van der Waals surface area contributed by atoms with Gasteiger partial charge in [0.1, 0.15) is 5.76 Å². The van der Waals surface area contributed by atoms with E-state index in [9.17, 15) is 9.90 Å². The van der Waals surface area contributed by atoms with E-state index in [0.717, 1.165) is 22.3 Å². The van der Waals surface area contributed by atoms with Crippen molar-refractivity contribution in [2.24, 2.45) is 10.8 Å². The van der Waals surface area contributed by atoms with Gasteiger partial charge in [-0.1, -0.05) is 86.6 Å². The van der Waals surface area contributed by atoms with Crippen molar-refractivity contribution in [3.8, 4) is 11.3 Å². The molecule has 0 fully saturated rings. The number of pyridine rings is 1. The van der Waals surface area contributed by atoms with Crippen molar-refractivity contribution in [3.05, 3.63) is 76.6 Å². The number of carbonyl (C=O) groups excluding carboxylic acids is 1.